The van der Waals surface area contributed by atoms with Gasteiger partial charge in [-0.05, 0) is 36.2 Å². The number of carbonyl (C=O) groups excluding carboxylic acids is 1. The van der Waals surface area contributed by atoms with Gasteiger partial charge < -0.3 is 10.1 Å². The van der Waals surface area contributed by atoms with E-state index in [9.17, 15) is 4.79 Å². The number of hydrogen-bond donors (Lipinski definition) is 2. The second-order valence-corrected chi connectivity index (χ2v) is 5.48. The van der Waals surface area contributed by atoms with Crippen molar-refractivity contribution < 1.29 is 9.53 Å². The molecule has 0 saturated carbocycles. The normalized spacial score (nSPS) is 10.4. The number of nitrogens with one attached hydrogen (secondary N) is 2. The largest absolute Gasteiger partial charge is 0.497 e. The van der Waals surface area contributed by atoms with Crippen molar-refractivity contribution in [1.29, 1.82) is 0 Å². The minimum absolute atomic E-state index is 0.0397. The number of aromatic amines is 1. The van der Waals surface area contributed by atoms with E-state index in [2.05, 4.69) is 25.5 Å². The smallest absolute Gasteiger partial charge is 0.220 e. The van der Waals surface area contributed by atoms with Crippen LogP contribution < -0.4 is 10.1 Å². The van der Waals surface area contributed by atoms with E-state index in [1.807, 2.05) is 36.4 Å². The van der Waals surface area contributed by atoms with E-state index in [0.29, 0.717) is 31.0 Å². The molecule has 2 N–H and O–H groups in total. The molecule has 0 aliphatic carbocycles. The minimum Gasteiger partial charge on any atom is -0.497 e. The number of ether oxygens (including phenoxy) is 1. The van der Waals surface area contributed by atoms with Crippen LogP contribution in [0.4, 0.5) is 0 Å². The molecule has 0 saturated heterocycles. The number of aromatic nitrogens is 4. The Hall–Kier alpha value is -3.22. The lowest BCUT2D eigenvalue weighted by Crippen LogP contribution is -2.23. The van der Waals surface area contributed by atoms with Gasteiger partial charge >= 0.3 is 0 Å². The highest BCUT2D eigenvalue weighted by molar-refractivity contribution is 5.76. The Morgan fingerprint density at radius 2 is 2.20 bits per heavy atom. The maximum absolute atomic E-state index is 12.0. The van der Waals surface area contributed by atoms with E-state index >= 15 is 0 Å². The number of carbonyl (C=O) groups is 1. The van der Waals surface area contributed by atoms with Gasteiger partial charge in [0.2, 0.25) is 5.91 Å². The molecule has 0 atom stereocenters. The van der Waals surface area contributed by atoms with Gasteiger partial charge in [0.1, 0.15) is 11.6 Å². The highest BCUT2D eigenvalue weighted by Gasteiger charge is 2.08. The summed E-state index contributed by atoms with van der Waals surface area (Å²) in [7, 11) is 1.63. The van der Waals surface area contributed by atoms with E-state index in [1.54, 1.807) is 19.5 Å². The van der Waals surface area contributed by atoms with Crippen LogP contribution in [0.15, 0.2) is 48.8 Å². The molecule has 7 nitrogen and oxygen atoms in total. The van der Waals surface area contributed by atoms with Crippen LogP contribution in [-0.4, -0.2) is 33.2 Å². The van der Waals surface area contributed by atoms with Crippen molar-refractivity contribution in [2.45, 2.75) is 19.4 Å². The molecule has 3 aromatic rings. The summed E-state index contributed by atoms with van der Waals surface area (Å²) < 4.78 is 5.18. The first-order valence-electron chi connectivity index (χ1n) is 7.96. The van der Waals surface area contributed by atoms with Crippen LogP contribution in [0.3, 0.4) is 0 Å². The molecule has 7 heteroatoms. The fourth-order valence-electron chi connectivity index (χ4n) is 2.36. The minimum atomic E-state index is -0.0397. The number of H-pyrrole nitrogens is 1. The number of aryl methyl sites for hydroxylation is 1. The Kier molecular flexibility index (Phi) is 5.36. The average molecular weight is 337 g/mol. The van der Waals surface area contributed by atoms with Crippen LogP contribution in [0, 0.1) is 0 Å². The third-order valence-electron chi connectivity index (χ3n) is 3.68. The zero-order chi connectivity index (χ0) is 17.5. The summed E-state index contributed by atoms with van der Waals surface area (Å²) in [6.07, 6.45) is 4.44. The topological polar surface area (TPSA) is 92.8 Å². The van der Waals surface area contributed by atoms with Gasteiger partial charge in [0, 0.05) is 24.4 Å². The van der Waals surface area contributed by atoms with Crippen LogP contribution in [-0.2, 0) is 17.8 Å². The molecular weight excluding hydrogens is 318 g/mol. The summed E-state index contributed by atoms with van der Waals surface area (Å²) in [6.45, 7) is 0.310. The first-order valence-corrected chi connectivity index (χ1v) is 7.96. The second kappa shape index (κ2) is 8.05. The van der Waals surface area contributed by atoms with Gasteiger partial charge in [-0.25, -0.2) is 4.98 Å². The fraction of sp³-hybridized carbons (Fsp3) is 0.222. The van der Waals surface area contributed by atoms with E-state index in [1.165, 1.54) is 0 Å². The van der Waals surface area contributed by atoms with Crippen LogP contribution in [0.1, 0.15) is 17.8 Å². The maximum atomic E-state index is 12.0. The van der Waals surface area contributed by atoms with Crippen molar-refractivity contribution in [3.63, 3.8) is 0 Å². The average Bonchev–Trinajstić information content (AvgIpc) is 3.15. The summed E-state index contributed by atoms with van der Waals surface area (Å²) in [5.41, 5.74) is 1.89. The van der Waals surface area contributed by atoms with Crippen molar-refractivity contribution in [2.75, 3.05) is 7.11 Å². The Morgan fingerprint density at radius 1 is 1.28 bits per heavy atom. The van der Waals surface area contributed by atoms with Gasteiger partial charge in [-0.2, -0.15) is 5.10 Å². The molecule has 1 aromatic carbocycles. The Morgan fingerprint density at radius 3 is 3.00 bits per heavy atom. The van der Waals surface area contributed by atoms with E-state index in [-0.39, 0.29) is 5.91 Å². The highest BCUT2D eigenvalue weighted by Crippen LogP contribution is 2.14. The molecule has 0 radical (unpaired) electrons. The number of pyridine rings is 1. The lowest BCUT2D eigenvalue weighted by atomic mass is 10.1. The van der Waals surface area contributed by atoms with Crippen LogP contribution in [0.5, 0.6) is 5.75 Å². The quantitative estimate of drug-likeness (QED) is 0.689. The van der Waals surface area contributed by atoms with Crippen LogP contribution >= 0.6 is 0 Å². The van der Waals surface area contributed by atoms with E-state index in [4.69, 9.17) is 4.74 Å². The molecule has 0 fully saturated rings. The predicted molar refractivity (Wildman–Crippen MR) is 92.8 cm³/mol. The zero-order valence-electron chi connectivity index (χ0n) is 13.9. The van der Waals surface area contributed by atoms with Crippen LogP contribution in [0.25, 0.3) is 11.4 Å². The van der Waals surface area contributed by atoms with Gasteiger partial charge in [0.25, 0.3) is 0 Å². The number of hydrogen-bond acceptors (Lipinski definition) is 5. The Labute approximate surface area is 145 Å². The first kappa shape index (κ1) is 16.6. The monoisotopic (exact) mass is 337 g/mol. The summed E-state index contributed by atoms with van der Waals surface area (Å²) in [5, 5.41) is 9.81. The summed E-state index contributed by atoms with van der Waals surface area (Å²) >= 11 is 0. The zero-order valence-corrected chi connectivity index (χ0v) is 13.9. The summed E-state index contributed by atoms with van der Waals surface area (Å²) in [6, 6.07) is 11.4. The van der Waals surface area contributed by atoms with Crippen molar-refractivity contribution in [1.82, 2.24) is 25.5 Å². The lowest BCUT2D eigenvalue weighted by Gasteiger charge is -2.05. The molecule has 25 heavy (non-hydrogen) atoms. The first-order chi connectivity index (χ1) is 12.2. The molecule has 0 bridgehead atoms. The second-order valence-electron chi connectivity index (χ2n) is 5.48. The molecule has 0 aliphatic heterocycles. The molecule has 1 amide bonds. The number of benzene rings is 1. The van der Waals surface area contributed by atoms with Crippen molar-refractivity contribution in [2.24, 2.45) is 0 Å². The summed E-state index contributed by atoms with van der Waals surface area (Å²) in [4.78, 5) is 20.4. The molecule has 128 valence electrons. The van der Waals surface area contributed by atoms with Crippen molar-refractivity contribution in [3.05, 3.63) is 60.2 Å². The van der Waals surface area contributed by atoms with Gasteiger partial charge in [-0.15, -0.1) is 0 Å². The van der Waals surface area contributed by atoms with Crippen LogP contribution in [0.2, 0.25) is 0 Å². The molecular formula is C18H19N5O2. The lowest BCUT2D eigenvalue weighted by molar-refractivity contribution is -0.121. The third kappa shape index (κ3) is 4.63. The number of methoxy groups -OCH3 is 1. The number of nitrogens with zero attached hydrogens (tertiary/aromatic N) is 3. The predicted octanol–water partition coefficient (Wildman–Crippen LogP) is 2.12. The highest BCUT2D eigenvalue weighted by atomic mass is 16.5. The molecule has 3 rings (SSSR count). The van der Waals surface area contributed by atoms with Crippen molar-refractivity contribution >= 4 is 5.91 Å². The molecule has 2 heterocycles. The summed E-state index contributed by atoms with van der Waals surface area (Å²) in [5.74, 6) is 1.92. The van der Waals surface area contributed by atoms with Crippen molar-refractivity contribution in [3.8, 4) is 17.1 Å². The van der Waals surface area contributed by atoms with Gasteiger partial charge in [-0.3, -0.25) is 14.9 Å². The van der Waals surface area contributed by atoms with Gasteiger partial charge in [-0.1, -0.05) is 12.1 Å². The SMILES string of the molecule is COc1cccc(CCC(=O)NCc2nc(-c3cccnc3)n[nH]2)c1. The van der Waals surface area contributed by atoms with Gasteiger partial charge in [0.15, 0.2) is 5.82 Å². The number of amides is 1. The molecule has 0 spiro atoms. The maximum Gasteiger partial charge on any atom is 0.220 e. The van der Waals surface area contributed by atoms with E-state index < -0.39 is 0 Å². The molecule has 0 aliphatic rings. The Bertz CT molecular complexity index is 832. The fourth-order valence-corrected chi connectivity index (χ4v) is 2.36. The standard InChI is InChI=1S/C18H19N5O2/c1-25-15-6-2-4-13(10-15)7-8-17(24)20-12-16-21-18(23-22-16)14-5-3-9-19-11-14/h2-6,9-11H,7-8,12H2,1H3,(H,20,24)(H,21,22,23). The number of rotatable bonds is 7. The van der Waals surface area contributed by atoms with E-state index in [0.717, 1.165) is 16.9 Å². The molecule has 2 aromatic heterocycles. The van der Waals surface area contributed by atoms with Gasteiger partial charge in [0.05, 0.1) is 13.7 Å². The third-order valence-corrected chi connectivity index (χ3v) is 3.68. The molecule has 0 unspecified atom stereocenters. The Balaban J connectivity index is 1.48.